The number of carbonyl (C=O) groups is 2. The van der Waals surface area contributed by atoms with Crippen molar-refractivity contribution in [1.29, 1.82) is 0 Å². The quantitative estimate of drug-likeness (QED) is 0.722. The number of hydrogen-bond donors (Lipinski definition) is 2. The average Bonchev–Trinajstić information content (AvgIpc) is 3.08. The Kier molecular flexibility index (Phi) is 9.93. The molecule has 2 rings (SSSR count). The van der Waals surface area contributed by atoms with Crippen LogP contribution < -0.4 is 10.6 Å². The van der Waals surface area contributed by atoms with Gasteiger partial charge in [-0.2, -0.15) is 0 Å². The van der Waals surface area contributed by atoms with Gasteiger partial charge >= 0.3 is 0 Å². The fourth-order valence-corrected chi connectivity index (χ4v) is 3.51. The van der Waals surface area contributed by atoms with Crippen molar-refractivity contribution >= 4 is 41.7 Å². The highest BCUT2D eigenvalue weighted by Crippen LogP contribution is 2.13. The van der Waals surface area contributed by atoms with E-state index in [9.17, 15) is 9.59 Å². The van der Waals surface area contributed by atoms with Gasteiger partial charge < -0.3 is 15.5 Å². The van der Waals surface area contributed by atoms with Gasteiger partial charge in [0.2, 0.25) is 11.8 Å². The van der Waals surface area contributed by atoms with E-state index in [1.54, 1.807) is 0 Å². The number of benzene rings is 1. The first-order chi connectivity index (χ1) is 11.6. The fourth-order valence-electron chi connectivity index (χ4n) is 2.81. The molecule has 1 aliphatic rings. The Labute approximate surface area is 160 Å². The maximum Gasteiger partial charge on any atom is 0.234 e. The molecule has 1 aliphatic heterocycles. The number of nitrogens with one attached hydrogen (secondary N) is 2. The number of aryl methyl sites for hydroxylation is 1. The molecule has 0 spiro atoms. The molecule has 0 bridgehead atoms. The third kappa shape index (κ3) is 7.26. The molecule has 140 valence electrons. The number of thioether (sulfide) groups is 1. The minimum absolute atomic E-state index is 0. The van der Waals surface area contributed by atoms with Crippen molar-refractivity contribution in [3.05, 3.63) is 29.8 Å². The van der Waals surface area contributed by atoms with E-state index in [2.05, 4.69) is 17.6 Å². The molecular formula is C18H28ClN3O2S. The molecule has 0 radical (unpaired) electrons. The highest BCUT2D eigenvalue weighted by Gasteiger charge is 2.25. The lowest BCUT2D eigenvalue weighted by atomic mass is 10.2. The molecule has 0 saturated carbocycles. The molecule has 2 amide bonds. The molecule has 1 aromatic rings. The highest BCUT2D eigenvalue weighted by molar-refractivity contribution is 8.00. The van der Waals surface area contributed by atoms with Gasteiger partial charge in [0, 0.05) is 24.8 Å². The Balaban J connectivity index is 0.00000312. The van der Waals surface area contributed by atoms with E-state index < -0.39 is 0 Å². The summed E-state index contributed by atoms with van der Waals surface area (Å²) in [6.45, 7) is 6.75. The van der Waals surface area contributed by atoms with Crippen molar-refractivity contribution in [2.24, 2.45) is 0 Å². The number of nitrogens with zero attached hydrogens (tertiary/aromatic N) is 1. The largest absolute Gasteiger partial charge is 0.338 e. The first-order valence-corrected chi connectivity index (χ1v) is 9.70. The highest BCUT2D eigenvalue weighted by atomic mass is 35.5. The molecular weight excluding hydrogens is 358 g/mol. The van der Waals surface area contributed by atoms with E-state index in [4.69, 9.17) is 0 Å². The van der Waals surface area contributed by atoms with Crippen LogP contribution in [-0.4, -0.2) is 53.9 Å². The van der Waals surface area contributed by atoms with Crippen LogP contribution >= 0.6 is 24.2 Å². The molecule has 25 heavy (non-hydrogen) atoms. The van der Waals surface area contributed by atoms with Gasteiger partial charge in [-0.3, -0.25) is 9.59 Å². The summed E-state index contributed by atoms with van der Waals surface area (Å²) in [5.74, 6) is 0.722. The minimum Gasteiger partial charge on any atom is -0.338 e. The lowest BCUT2D eigenvalue weighted by Crippen LogP contribution is -2.43. The van der Waals surface area contributed by atoms with Gasteiger partial charge in [0.15, 0.2) is 0 Å². The SMILES string of the molecule is CCCN(C(=O)CSCC(=O)Nc1ccc(C)cc1)C1CCNC1.Cl. The van der Waals surface area contributed by atoms with E-state index >= 15 is 0 Å². The first-order valence-electron chi connectivity index (χ1n) is 8.54. The van der Waals surface area contributed by atoms with Gasteiger partial charge in [-0.05, 0) is 38.4 Å². The van der Waals surface area contributed by atoms with Crippen LogP contribution in [0.5, 0.6) is 0 Å². The summed E-state index contributed by atoms with van der Waals surface area (Å²) in [5.41, 5.74) is 1.95. The molecule has 7 heteroatoms. The molecule has 1 atom stereocenters. The number of halogens is 1. The standard InChI is InChI=1S/C18H27N3O2S.ClH/c1-3-10-21(16-8-9-19-11-16)18(23)13-24-12-17(22)20-15-6-4-14(2)5-7-15;/h4-7,16,19H,3,8-13H2,1-2H3,(H,20,22);1H. The predicted octanol–water partition coefficient (Wildman–Crippen LogP) is 2.69. The maximum atomic E-state index is 12.4. The summed E-state index contributed by atoms with van der Waals surface area (Å²) in [7, 11) is 0. The van der Waals surface area contributed by atoms with Crippen molar-refractivity contribution in [2.75, 3.05) is 36.5 Å². The van der Waals surface area contributed by atoms with Crippen molar-refractivity contribution in [3.8, 4) is 0 Å². The van der Waals surface area contributed by atoms with Crippen molar-refractivity contribution in [2.45, 2.75) is 32.7 Å². The summed E-state index contributed by atoms with van der Waals surface area (Å²) >= 11 is 1.38. The summed E-state index contributed by atoms with van der Waals surface area (Å²) in [4.78, 5) is 26.4. The van der Waals surface area contributed by atoms with Crippen LogP contribution in [0.1, 0.15) is 25.3 Å². The molecule has 0 aliphatic carbocycles. The van der Waals surface area contributed by atoms with E-state index in [-0.39, 0.29) is 24.2 Å². The van der Waals surface area contributed by atoms with Crippen LogP contribution in [0.15, 0.2) is 24.3 Å². The van der Waals surface area contributed by atoms with E-state index in [0.717, 1.165) is 43.7 Å². The summed E-state index contributed by atoms with van der Waals surface area (Å²) in [5, 5.41) is 6.16. The molecule has 5 nitrogen and oxygen atoms in total. The average molecular weight is 386 g/mol. The Morgan fingerprint density at radius 2 is 2.00 bits per heavy atom. The van der Waals surface area contributed by atoms with Crippen molar-refractivity contribution < 1.29 is 9.59 Å². The van der Waals surface area contributed by atoms with Crippen LogP contribution in [0.3, 0.4) is 0 Å². The maximum absolute atomic E-state index is 12.4. The molecule has 1 unspecified atom stereocenters. The smallest absolute Gasteiger partial charge is 0.234 e. The Morgan fingerprint density at radius 3 is 2.60 bits per heavy atom. The van der Waals surface area contributed by atoms with Crippen LogP contribution in [-0.2, 0) is 9.59 Å². The third-order valence-corrected chi connectivity index (χ3v) is 4.97. The normalized spacial score (nSPS) is 16.2. The summed E-state index contributed by atoms with van der Waals surface area (Å²) < 4.78 is 0. The predicted molar refractivity (Wildman–Crippen MR) is 108 cm³/mol. The zero-order valence-electron chi connectivity index (χ0n) is 14.9. The zero-order chi connectivity index (χ0) is 17.4. The van der Waals surface area contributed by atoms with Crippen LogP contribution in [0.2, 0.25) is 0 Å². The second kappa shape index (κ2) is 11.4. The topological polar surface area (TPSA) is 61.4 Å². The number of anilines is 1. The molecule has 1 saturated heterocycles. The number of hydrogen-bond acceptors (Lipinski definition) is 4. The number of rotatable bonds is 8. The van der Waals surface area contributed by atoms with E-state index in [1.807, 2.05) is 36.1 Å². The molecule has 0 aromatic heterocycles. The molecule has 1 aromatic carbocycles. The first kappa shape index (κ1) is 21.8. The third-order valence-electron chi connectivity index (χ3n) is 4.05. The summed E-state index contributed by atoms with van der Waals surface area (Å²) in [6, 6.07) is 8.01. The van der Waals surface area contributed by atoms with Crippen molar-refractivity contribution in [3.63, 3.8) is 0 Å². The van der Waals surface area contributed by atoms with Crippen molar-refractivity contribution in [1.82, 2.24) is 10.2 Å². The monoisotopic (exact) mass is 385 g/mol. The van der Waals surface area contributed by atoms with Gasteiger partial charge in [-0.25, -0.2) is 0 Å². The zero-order valence-corrected chi connectivity index (χ0v) is 16.5. The van der Waals surface area contributed by atoms with E-state index in [1.165, 1.54) is 11.8 Å². The Bertz CT molecular complexity index is 548. The van der Waals surface area contributed by atoms with Gasteiger partial charge in [-0.15, -0.1) is 24.2 Å². The van der Waals surface area contributed by atoms with Gasteiger partial charge in [0.05, 0.1) is 11.5 Å². The van der Waals surface area contributed by atoms with Gasteiger partial charge in [0.1, 0.15) is 0 Å². The Morgan fingerprint density at radius 1 is 1.28 bits per heavy atom. The second-order valence-corrected chi connectivity index (χ2v) is 7.13. The fraction of sp³-hybridized carbons (Fsp3) is 0.556. The Hall–Kier alpha value is -1.24. The van der Waals surface area contributed by atoms with Crippen LogP contribution in [0.25, 0.3) is 0 Å². The lowest BCUT2D eigenvalue weighted by Gasteiger charge is -2.28. The number of carbonyl (C=O) groups excluding carboxylic acids is 2. The molecule has 1 fully saturated rings. The molecule has 2 N–H and O–H groups in total. The summed E-state index contributed by atoms with van der Waals surface area (Å²) in [6.07, 6.45) is 1.98. The van der Waals surface area contributed by atoms with Crippen LogP contribution in [0, 0.1) is 6.92 Å². The van der Waals surface area contributed by atoms with Gasteiger partial charge in [0.25, 0.3) is 0 Å². The number of amides is 2. The minimum atomic E-state index is -0.0683. The van der Waals surface area contributed by atoms with Crippen LogP contribution in [0.4, 0.5) is 5.69 Å². The molecule has 1 heterocycles. The lowest BCUT2D eigenvalue weighted by molar-refractivity contribution is -0.130. The van der Waals surface area contributed by atoms with E-state index in [0.29, 0.717) is 17.5 Å². The van der Waals surface area contributed by atoms with Gasteiger partial charge in [-0.1, -0.05) is 24.6 Å². The second-order valence-electron chi connectivity index (χ2n) is 6.14.